The van der Waals surface area contributed by atoms with Crippen LogP contribution in [0.15, 0.2) is 24.3 Å². The fourth-order valence-electron chi connectivity index (χ4n) is 2.16. The highest BCUT2D eigenvalue weighted by atomic mass is 14.4. The fraction of sp³-hybridized carbons (Fsp3) is 0.429. The molecule has 0 aromatic heterocycles. The van der Waals surface area contributed by atoms with Crippen molar-refractivity contribution >= 4 is 0 Å². The van der Waals surface area contributed by atoms with Crippen LogP contribution in [0.5, 0.6) is 0 Å². The van der Waals surface area contributed by atoms with Gasteiger partial charge in [-0.15, -0.1) is 0 Å². The number of hydrogen-bond donors (Lipinski definition) is 0. The van der Waals surface area contributed by atoms with Crippen LogP contribution in [0.2, 0.25) is 0 Å². The molecule has 0 aliphatic heterocycles. The lowest BCUT2D eigenvalue weighted by Crippen LogP contribution is -2.19. The molecule has 2 nitrogen and oxygen atoms in total. The second-order valence-corrected chi connectivity index (χ2v) is 3.69. The van der Waals surface area contributed by atoms with Crippen molar-refractivity contribution in [2.75, 3.05) is 0 Å². The Morgan fingerprint density at radius 3 is 2.56 bits per heavy atom. The maximum atomic E-state index is 9.19. The summed E-state index contributed by atoms with van der Waals surface area (Å²) in [4.78, 5) is 0. The normalized spacial score (nSPS) is 21.0. The van der Waals surface area contributed by atoms with Crippen LogP contribution < -0.4 is 0 Å². The summed E-state index contributed by atoms with van der Waals surface area (Å²) in [5.41, 5.74) is 1.75. The molecule has 0 heterocycles. The van der Waals surface area contributed by atoms with Gasteiger partial charge in [-0.2, -0.15) is 10.5 Å². The Bertz CT molecular complexity index is 437. The average molecular weight is 212 g/mol. The van der Waals surface area contributed by atoms with Gasteiger partial charge in [0.05, 0.1) is 24.0 Å². The van der Waals surface area contributed by atoms with Crippen LogP contribution in [0.3, 0.4) is 0 Å². The lowest BCUT2D eigenvalue weighted by Gasteiger charge is -2.17. The van der Waals surface area contributed by atoms with Gasteiger partial charge in [0.15, 0.2) is 0 Å². The van der Waals surface area contributed by atoms with Gasteiger partial charge in [0.1, 0.15) is 0 Å². The van der Waals surface area contributed by atoms with E-state index in [1.54, 1.807) is 0 Å². The largest absolute Gasteiger partial charge is 0.198 e. The molecule has 0 bridgehead atoms. The number of benzene rings is 1. The molecule has 1 atom stereocenters. The van der Waals surface area contributed by atoms with Gasteiger partial charge in [0, 0.05) is 0 Å². The van der Waals surface area contributed by atoms with Crippen LogP contribution in [0.1, 0.15) is 37.8 Å². The second kappa shape index (κ2) is 5.33. The highest BCUT2D eigenvalue weighted by molar-refractivity contribution is 5.44. The zero-order valence-electron chi connectivity index (χ0n) is 9.83. The number of fused-ring (bicyclic) bond motifs is 1. The summed E-state index contributed by atoms with van der Waals surface area (Å²) in [5, 5.41) is 17.9. The van der Waals surface area contributed by atoms with Crippen LogP contribution in [0.4, 0.5) is 0 Å². The third-order valence-electron chi connectivity index (χ3n) is 2.95. The van der Waals surface area contributed by atoms with Crippen molar-refractivity contribution in [1.29, 1.82) is 10.5 Å². The zero-order chi connectivity index (χ0) is 12.0. The first-order valence-electron chi connectivity index (χ1n) is 5.69. The minimum absolute atomic E-state index is 0.306. The lowest BCUT2D eigenvalue weighted by atomic mass is 9.81. The van der Waals surface area contributed by atoms with Gasteiger partial charge in [0.2, 0.25) is 0 Å². The number of rotatable bonds is 1. The molecule has 0 fully saturated rings. The summed E-state index contributed by atoms with van der Waals surface area (Å²) in [6.45, 7) is 4.00. The van der Waals surface area contributed by atoms with Crippen LogP contribution in [0, 0.1) is 22.7 Å². The average Bonchev–Trinajstić information content (AvgIpc) is 2.73. The highest BCUT2D eigenvalue weighted by Gasteiger charge is 2.38. The lowest BCUT2D eigenvalue weighted by molar-refractivity contribution is 0.558. The molecule has 0 saturated heterocycles. The van der Waals surface area contributed by atoms with E-state index in [0.29, 0.717) is 6.42 Å². The first-order valence-corrected chi connectivity index (χ1v) is 5.69. The molecule has 1 aromatic rings. The van der Waals surface area contributed by atoms with Crippen LogP contribution >= 0.6 is 0 Å². The van der Waals surface area contributed by atoms with Gasteiger partial charge in [-0.05, 0) is 24.0 Å². The first-order chi connectivity index (χ1) is 7.82. The minimum Gasteiger partial charge on any atom is -0.198 e. The summed E-state index contributed by atoms with van der Waals surface area (Å²) < 4.78 is 0. The summed E-state index contributed by atoms with van der Waals surface area (Å²) in [6.07, 6.45) is 2.02. The van der Waals surface area contributed by atoms with E-state index >= 15 is 0 Å². The molecular weight excluding hydrogens is 196 g/mol. The topological polar surface area (TPSA) is 47.6 Å². The van der Waals surface area contributed by atoms with Crippen molar-refractivity contribution in [2.24, 2.45) is 0 Å². The van der Waals surface area contributed by atoms with Crippen molar-refractivity contribution in [3.05, 3.63) is 35.4 Å². The maximum absolute atomic E-state index is 9.19. The number of nitriles is 2. The van der Waals surface area contributed by atoms with Gasteiger partial charge in [-0.1, -0.05) is 38.1 Å². The molecule has 2 rings (SSSR count). The smallest absolute Gasteiger partial charge is 0.0957 e. The fourth-order valence-corrected chi connectivity index (χ4v) is 2.16. The standard InChI is InChI=1S/C12H10N2.C2H6/c13-8-7-12(9-14)6-5-10-3-1-2-4-11(10)12;1-2/h1-4H,5-7H2;1-2H3. The Morgan fingerprint density at radius 1 is 1.25 bits per heavy atom. The second-order valence-electron chi connectivity index (χ2n) is 3.69. The van der Waals surface area contributed by atoms with E-state index in [-0.39, 0.29) is 0 Å². The van der Waals surface area contributed by atoms with Gasteiger partial charge in [-0.25, -0.2) is 0 Å². The highest BCUT2D eigenvalue weighted by Crippen LogP contribution is 2.40. The van der Waals surface area contributed by atoms with Crippen molar-refractivity contribution < 1.29 is 0 Å². The van der Waals surface area contributed by atoms with Crippen LogP contribution in [-0.4, -0.2) is 0 Å². The molecule has 0 saturated carbocycles. The zero-order valence-corrected chi connectivity index (χ0v) is 9.83. The molecule has 16 heavy (non-hydrogen) atoms. The van der Waals surface area contributed by atoms with Crippen molar-refractivity contribution in [1.82, 2.24) is 0 Å². The predicted molar refractivity (Wildman–Crippen MR) is 63.6 cm³/mol. The molecule has 1 unspecified atom stereocenters. The van der Waals surface area contributed by atoms with E-state index in [1.165, 1.54) is 5.56 Å². The number of hydrogen-bond acceptors (Lipinski definition) is 2. The molecular formula is C14H16N2. The molecule has 1 aliphatic rings. The summed E-state index contributed by atoms with van der Waals surface area (Å²) in [7, 11) is 0. The molecule has 0 radical (unpaired) electrons. The molecule has 1 aromatic carbocycles. The Hall–Kier alpha value is -1.80. The summed E-state index contributed by atoms with van der Waals surface area (Å²) in [5.74, 6) is 0. The third-order valence-corrected chi connectivity index (χ3v) is 2.95. The van der Waals surface area contributed by atoms with E-state index in [1.807, 2.05) is 38.1 Å². The molecule has 82 valence electrons. The van der Waals surface area contributed by atoms with Crippen molar-refractivity contribution in [3.63, 3.8) is 0 Å². The quantitative estimate of drug-likeness (QED) is 0.716. The van der Waals surface area contributed by atoms with E-state index in [2.05, 4.69) is 12.1 Å². The van der Waals surface area contributed by atoms with E-state index in [4.69, 9.17) is 5.26 Å². The predicted octanol–water partition coefficient (Wildman–Crippen LogP) is 3.33. The Balaban J connectivity index is 0.000000606. The van der Waals surface area contributed by atoms with E-state index in [9.17, 15) is 5.26 Å². The van der Waals surface area contributed by atoms with Gasteiger partial charge >= 0.3 is 0 Å². The number of nitrogens with zero attached hydrogens (tertiary/aromatic N) is 2. The monoisotopic (exact) mass is 212 g/mol. The molecule has 2 heteroatoms. The molecule has 0 N–H and O–H groups in total. The first kappa shape index (κ1) is 12.3. The third kappa shape index (κ3) is 1.92. The number of aryl methyl sites for hydroxylation is 1. The summed E-state index contributed by atoms with van der Waals surface area (Å²) in [6, 6.07) is 12.4. The SMILES string of the molecule is CC.N#CCC1(C#N)CCc2ccccc21. The molecule has 1 aliphatic carbocycles. The maximum Gasteiger partial charge on any atom is 0.0957 e. The van der Waals surface area contributed by atoms with Gasteiger partial charge in [-0.3, -0.25) is 0 Å². The van der Waals surface area contributed by atoms with E-state index < -0.39 is 5.41 Å². The summed E-state index contributed by atoms with van der Waals surface area (Å²) >= 11 is 0. The van der Waals surface area contributed by atoms with Crippen molar-refractivity contribution in [2.45, 2.75) is 38.5 Å². The molecule has 0 spiro atoms. The van der Waals surface area contributed by atoms with Crippen LogP contribution in [-0.2, 0) is 11.8 Å². The van der Waals surface area contributed by atoms with E-state index in [0.717, 1.165) is 18.4 Å². The van der Waals surface area contributed by atoms with Gasteiger partial charge < -0.3 is 0 Å². The molecule has 0 amide bonds. The Kier molecular flexibility index (Phi) is 4.09. The minimum atomic E-state index is -0.536. The van der Waals surface area contributed by atoms with Gasteiger partial charge in [0.25, 0.3) is 0 Å². The Morgan fingerprint density at radius 2 is 1.94 bits per heavy atom. The Labute approximate surface area is 97.1 Å². The van der Waals surface area contributed by atoms with Crippen molar-refractivity contribution in [3.8, 4) is 12.1 Å². The van der Waals surface area contributed by atoms with Crippen LogP contribution in [0.25, 0.3) is 0 Å².